The van der Waals surface area contributed by atoms with Crippen LogP contribution in [0.4, 0.5) is 0 Å². The van der Waals surface area contributed by atoms with Gasteiger partial charge in [0.05, 0.1) is 12.1 Å². The largest absolute Gasteiger partial charge is 0.394 e. The van der Waals surface area contributed by atoms with E-state index >= 15 is 0 Å². The zero-order chi connectivity index (χ0) is 13.9. The Morgan fingerprint density at radius 3 is 2.95 bits per heavy atom. The Labute approximate surface area is 114 Å². The number of carbonyl (C=O) groups is 1. The number of nitrogens with one attached hydrogen (secondary N) is 2. The highest BCUT2D eigenvalue weighted by molar-refractivity contribution is 5.95. The molecule has 2 rings (SSSR count). The first-order valence-electron chi connectivity index (χ1n) is 6.84. The molecule has 1 atom stereocenters. The molecule has 19 heavy (non-hydrogen) atoms. The van der Waals surface area contributed by atoms with E-state index < -0.39 is 5.54 Å². The lowest BCUT2D eigenvalue weighted by molar-refractivity contribution is 0.0847. The van der Waals surface area contributed by atoms with Crippen LogP contribution in [0, 0.1) is 0 Å². The van der Waals surface area contributed by atoms with Crippen molar-refractivity contribution in [2.45, 2.75) is 38.8 Å². The van der Waals surface area contributed by atoms with Crippen molar-refractivity contribution in [3.8, 4) is 0 Å². The first-order valence-corrected chi connectivity index (χ1v) is 6.84. The van der Waals surface area contributed by atoms with Crippen molar-refractivity contribution in [1.82, 2.24) is 10.6 Å². The minimum atomic E-state index is -0.550. The van der Waals surface area contributed by atoms with E-state index in [0.717, 1.165) is 19.5 Å². The Morgan fingerprint density at radius 1 is 1.47 bits per heavy atom. The molecule has 4 heteroatoms. The smallest absolute Gasteiger partial charge is 0.251 e. The SMILES string of the molecule is CCC(C)(CO)NC(=O)c1ccc2c(c1)CNCC2. The summed E-state index contributed by atoms with van der Waals surface area (Å²) in [6.07, 6.45) is 1.71. The van der Waals surface area contributed by atoms with Crippen LogP contribution < -0.4 is 10.6 Å². The second-order valence-electron chi connectivity index (χ2n) is 5.44. The molecular weight excluding hydrogens is 240 g/mol. The van der Waals surface area contributed by atoms with Crippen molar-refractivity contribution in [3.63, 3.8) is 0 Å². The molecule has 0 spiro atoms. The molecule has 0 saturated heterocycles. The molecule has 0 radical (unpaired) electrons. The van der Waals surface area contributed by atoms with Gasteiger partial charge in [0.15, 0.2) is 0 Å². The zero-order valence-corrected chi connectivity index (χ0v) is 11.6. The molecule has 1 aliphatic heterocycles. The van der Waals surface area contributed by atoms with Crippen LogP contribution in [-0.4, -0.2) is 29.7 Å². The van der Waals surface area contributed by atoms with E-state index in [4.69, 9.17) is 0 Å². The third-order valence-corrected chi connectivity index (χ3v) is 3.90. The Balaban J connectivity index is 2.15. The Morgan fingerprint density at radius 2 is 2.26 bits per heavy atom. The first kappa shape index (κ1) is 14.0. The number of hydrogen-bond acceptors (Lipinski definition) is 3. The Bertz CT molecular complexity index is 467. The highest BCUT2D eigenvalue weighted by atomic mass is 16.3. The summed E-state index contributed by atoms with van der Waals surface area (Å²) in [6, 6.07) is 5.85. The maximum Gasteiger partial charge on any atom is 0.251 e. The van der Waals surface area contributed by atoms with Gasteiger partial charge in [0, 0.05) is 12.1 Å². The van der Waals surface area contributed by atoms with Gasteiger partial charge in [-0.25, -0.2) is 0 Å². The van der Waals surface area contributed by atoms with Crippen LogP contribution in [0.3, 0.4) is 0 Å². The molecule has 104 valence electrons. The third-order valence-electron chi connectivity index (χ3n) is 3.90. The van der Waals surface area contributed by atoms with Gasteiger partial charge < -0.3 is 15.7 Å². The predicted molar refractivity (Wildman–Crippen MR) is 75.1 cm³/mol. The summed E-state index contributed by atoms with van der Waals surface area (Å²) in [5.41, 5.74) is 2.62. The van der Waals surface area contributed by atoms with Crippen molar-refractivity contribution in [2.75, 3.05) is 13.2 Å². The van der Waals surface area contributed by atoms with Crippen molar-refractivity contribution in [3.05, 3.63) is 34.9 Å². The number of aliphatic hydroxyl groups is 1. The van der Waals surface area contributed by atoms with Gasteiger partial charge in [0.2, 0.25) is 0 Å². The fraction of sp³-hybridized carbons (Fsp3) is 0.533. The minimum absolute atomic E-state index is 0.0538. The molecule has 0 aliphatic carbocycles. The average Bonchev–Trinajstić information content (AvgIpc) is 2.46. The van der Waals surface area contributed by atoms with Crippen LogP contribution >= 0.6 is 0 Å². The summed E-state index contributed by atoms with van der Waals surface area (Å²) < 4.78 is 0. The summed E-state index contributed by atoms with van der Waals surface area (Å²) in [5, 5.41) is 15.6. The van der Waals surface area contributed by atoms with Crippen LogP contribution in [0.2, 0.25) is 0 Å². The second-order valence-corrected chi connectivity index (χ2v) is 5.44. The highest BCUT2D eigenvalue weighted by Gasteiger charge is 2.24. The van der Waals surface area contributed by atoms with Crippen LogP contribution in [0.25, 0.3) is 0 Å². The number of amides is 1. The van der Waals surface area contributed by atoms with Gasteiger partial charge in [-0.3, -0.25) is 4.79 Å². The van der Waals surface area contributed by atoms with Gasteiger partial charge in [-0.05, 0) is 49.6 Å². The zero-order valence-electron chi connectivity index (χ0n) is 11.6. The maximum atomic E-state index is 12.2. The number of benzene rings is 1. The molecule has 0 saturated carbocycles. The molecule has 1 aliphatic rings. The fourth-order valence-corrected chi connectivity index (χ4v) is 2.21. The van der Waals surface area contributed by atoms with Crippen LogP contribution in [0.15, 0.2) is 18.2 Å². The van der Waals surface area contributed by atoms with E-state index in [1.807, 2.05) is 32.0 Å². The Hall–Kier alpha value is -1.39. The number of fused-ring (bicyclic) bond motifs is 1. The number of hydrogen-bond donors (Lipinski definition) is 3. The van der Waals surface area contributed by atoms with Crippen LogP contribution in [0.5, 0.6) is 0 Å². The van der Waals surface area contributed by atoms with Crippen LogP contribution in [-0.2, 0) is 13.0 Å². The van der Waals surface area contributed by atoms with Gasteiger partial charge in [0.1, 0.15) is 0 Å². The molecule has 1 unspecified atom stereocenters. The molecule has 0 aromatic heterocycles. The lowest BCUT2D eigenvalue weighted by atomic mass is 9.96. The molecule has 4 nitrogen and oxygen atoms in total. The van der Waals surface area contributed by atoms with E-state index in [9.17, 15) is 9.90 Å². The predicted octanol–water partition coefficient (Wildman–Crippen LogP) is 1.22. The standard InChI is InChI=1S/C15H22N2O2/c1-3-15(2,10-18)17-14(19)12-5-4-11-6-7-16-9-13(11)8-12/h4-5,8,16,18H,3,6-7,9-10H2,1-2H3,(H,17,19). The summed E-state index contributed by atoms with van der Waals surface area (Å²) >= 11 is 0. The summed E-state index contributed by atoms with van der Waals surface area (Å²) in [7, 11) is 0. The van der Waals surface area contributed by atoms with Crippen molar-refractivity contribution >= 4 is 5.91 Å². The van der Waals surface area contributed by atoms with E-state index in [1.54, 1.807) is 0 Å². The van der Waals surface area contributed by atoms with E-state index in [0.29, 0.717) is 12.0 Å². The molecule has 1 aromatic rings. The van der Waals surface area contributed by atoms with Crippen molar-refractivity contribution in [1.29, 1.82) is 0 Å². The normalized spacial score (nSPS) is 17.4. The van der Waals surface area contributed by atoms with Crippen LogP contribution in [0.1, 0.15) is 41.8 Å². The van der Waals surface area contributed by atoms with Gasteiger partial charge in [-0.15, -0.1) is 0 Å². The Kier molecular flexibility index (Phi) is 4.22. The number of rotatable bonds is 4. The molecular formula is C15H22N2O2. The van der Waals surface area contributed by atoms with Gasteiger partial charge in [-0.1, -0.05) is 13.0 Å². The van der Waals surface area contributed by atoms with Gasteiger partial charge in [-0.2, -0.15) is 0 Å². The molecule has 3 N–H and O–H groups in total. The molecule has 0 bridgehead atoms. The van der Waals surface area contributed by atoms with Gasteiger partial charge in [0.25, 0.3) is 5.91 Å². The maximum absolute atomic E-state index is 12.2. The van der Waals surface area contributed by atoms with Crippen molar-refractivity contribution in [2.24, 2.45) is 0 Å². The monoisotopic (exact) mass is 262 g/mol. The van der Waals surface area contributed by atoms with Gasteiger partial charge >= 0.3 is 0 Å². The topological polar surface area (TPSA) is 61.4 Å². The lowest BCUT2D eigenvalue weighted by Crippen LogP contribution is -2.48. The second kappa shape index (κ2) is 5.72. The van der Waals surface area contributed by atoms with E-state index in [-0.39, 0.29) is 12.5 Å². The molecule has 0 fully saturated rings. The summed E-state index contributed by atoms with van der Waals surface area (Å²) in [5.74, 6) is -0.119. The molecule has 1 heterocycles. The molecule has 1 aromatic carbocycles. The summed E-state index contributed by atoms with van der Waals surface area (Å²) in [6.45, 7) is 5.57. The number of carbonyl (C=O) groups excluding carboxylic acids is 1. The summed E-state index contributed by atoms with van der Waals surface area (Å²) in [4.78, 5) is 12.2. The van der Waals surface area contributed by atoms with Crippen molar-refractivity contribution < 1.29 is 9.90 Å². The quantitative estimate of drug-likeness (QED) is 0.764. The highest BCUT2D eigenvalue weighted by Crippen LogP contribution is 2.17. The van der Waals surface area contributed by atoms with E-state index in [2.05, 4.69) is 10.6 Å². The minimum Gasteiger partial charge on any atom is -0.394 e. The number of aliphatic hydroxyl groups excluding tert-OH is 1. The van der Waals surface area contributed by atoms with E-state index in [1.165, 1.54) is 11.1 Å². The average molecular weight is 262 g/mol. The lowest BCUT2D eigenvalue weighted by Gasteiger charge is -2.27. The first-order chi connectivity index (χ1) is 9.08. The third kappa shape index (κ3) is 3.14. The molecule has 1 amide bonds. The fourth-order valence-electron chi connectivity index (χ4n) is 2.21.